The van der Waals surface area contributed by atoms with Crippen molar-refractivity contribution in [2.24, 2.45) is 0 Å². The minimum atomic E-state index is 1.21. The first-order chi connectivity index (χ1) is 27.3. The zero-order chi connectivity index (χ0) is 36.8. The smallest absolute Gasteiger partial charge is 0.0464 e. The molecule has 0 aliphatic rings. The average Bonchev–Trinajstić information content (AvgIpc) is 3.64. The van der Waals surface area contributed by atoms with E-state index in [2.05, 4.69) is 236 Å². The maximum atomic E-state index is 3.38. The Morgan fingerprint density at radius 1 is 0.182 bits per heavy atom. The monoisotopic (exact) mass is 701 g/mol. The fourth-order valence-electron chi connectivity index (χ4n) is 7.52. The quantitative estimate of drug-likeness (QED) is 0.120. The zero-order valence-electron chi connectivity index (χ0n) is 30.4. The molecule has 11 aromatic carbocycles. The topological polar surface area (TPSA) is 15.8 Å². The molecule has 0 saturated heterocycles. The fraction of sp³-hybridized carbons (Fsp3) is 0. The Hall–Kier alpha value is -7.22. The lowest BCUT2D eigenvalue weighted by atomic mass is 10.0. The van der Waals surface area contributed by atoms with Crippen molar-refractivity contribution in [2.75, 3.05) is 0 Å². The van der Waals surface area contributed by atoms with Crippen molar-refractivity contribution in [2.45, 2.75) is 0 Å². The summed E-state index contributed by atoms with van der Waals surface area (Å²) < 4.78 is 0. The second kappa shape index (κ2) is 15.4. The number of hydrogen-bond acceptors (Lipinski definition) is 0. The molecule has 0 spiro atoms. The fourth-order valence-corrected chi connectivity index (χ4v) is 7.52. The molecule has 0 bridgehead atoms. The van der Waals surface area contributed by atoms with Gasteiger partial charge in [-0.25, -0.2) is 0 Å². The van der Waals surface area contributed by atoms with Crippen LogP contribution in [0.15, 0.2) is 231 Å². The lowest BCUT2D eigenvalue weighted by Gasteiger charge is -2.02. The van der Waals surface area contributed by atoms with Gasteiger partial charge in [-0.15, -0.1) is 0 Å². The number of hydrogen-bond donors (Lipinski definition) is 1. The van der Waals surface area contributed by atoms with Gasteiger partial charge in [-0.1, -0.05) is 194 Å². The summed E-state index contributed by atoms with van der Waals surface area (Å²) in [4.78, 5) is 3.38. The van der Waals surface area contributed by atoms with Crippen LogP contribution in [0.5, 0.6) is 0 Å². The van der Waals surface area contributed by atoms with Gasteiger partial charge in [0.1, 0.15) is 0 Å². The van der Waals surface area contributed by atoms with E-state index in [-0.39, 0.29) is 0 Å². The molecule has 12 aromatic rings. The van der Waals surface area contributed by atoms with Crippen molar-refractivity contribution < 1.29 is 0 Å². The van der Waals surface area contributed by atoms with Crippen molar-refractivity contribution >= 4 is 86.4 Å². The minimum absolute atomic E-state index is 1.21. The Morgan fingerprint density at radius 3 is 0.691 bits per heavy atom. The summed E-state index contributed by atoms with van der Waals surface area (Å²) >= 11 is 0. The van der Waals surface area contributed by atoms with Crippen LogP contribution in [0, 0.1) is 0 Å². The van der Waals surface area contributed by atoms with Crippen LogP contribution in [-0.4, -0.2) is 4.98 Å². The minimum Gasteiger partial charge on any atom is -0.355 e. The Labute approximate surface area is 320 Å². The van der Waals surface area contributed by atoms with Crippen LogP contribution in [0.2, 0.25) is 0 Å². The third-order valence-corrected chi connectivity index (χ3v) is 10.3. The van der Waals surface area contributed by atoms with Crippen LogP contribution >= 0.6 is 0 Å². The molecular weight excluding hydrogens is 663 g/mol. The molecule has 0 fully saturated rings. The summed E-state index contributed by atoms with van der Waals surface area (Å²) in [5.74, 6) is 0. The van der Waals surface area contributed by atoms with E-state index in [1.165, 1.54) is 86.4 Å². The SMILES string of the molecule is c1ccc2c(c1)[nH]c1ccccc12.c1ccc2c(c1)ccc1ccccc12.c1ccc2cc3ccccc3cc2c1.c1ccc2cc3ccccc3cc2c1. The van der Waals surface area contributed by atoms with Crippen molar-refractivity contribution in [3.8, 4) is 0 Å². The summed E-state index contributed by atoms with van der Waals surface area (Å²) in [6.07, 6.45) is 0. The summed E-state index contributed by atoms with van der Waals surface area (Å²) in [6.45, 7) is 0. The normalized spacial score (nSPS) is 10.9. The Kier molecular flexibility index (Phi) is 9.41. The molecule has 0 radical (unpaired) electrons. The summed E-state index contributed by atoms with van der Waals surface area (Å²) in [6, 6.07) is 81.0. The predicted octanol–water partition coefficient (Wildman–Crippen LogP) is 15.3. The number of benzene rings is 11. The molecule has 12 rings (SSSR count). The highest BCUT2D eigenvalue weighted by atomic mass is 14.7. The first-order valence-corrected chi connectivity index (χ1v) is 18.8. The van der Waals surface area contributed by atoms with Crippen molar-refractivity contribution in [1.82, 2.24) is 4.98 Å². The summed E-state index contributed by atoms with van der Waals surface area (Å²) in [5, 5.41) is 18.4. The van der Waals surface area contributed by atoms with Gasteiger partial charge in [0.2, 0.25) is 0 Å². The van der Waals surface area contributed by atoms with E-state index in [0.717, 1.165) is 0 Å². The van der Waals surface area contributed by atoms with E-state index < -0.39 is 0 Å². The van der Waals surface area contributed by atoms with Crippen LogP contribution in [0.3, 0.4) is 0 Å². The van der Waals surface area contributed by atoms with E-state index >= 15 is 0 Å². The molecule has 0 amide bonds. The molecular formula is C54H39N. The van der Waals surface area contributed by atoms with E-state index in [4.69, 9.17) is 0 Å². The predicted molar refractivity (Wildman–Crippen MR) is 240 cm³/mol. The number of nitrogens with one attached hydrogen (secondary N) is 1. The van der Waals surface area contributed by atoms with E-state index in [1.807, 2.05) is 0 Å². The van der Waals surface area contributed by atoms with Gasteiger partial charge in [-0.2, -0.15) is 0 Å². The molecule has 1 heteroatoms. The van der Waals surface area contributed by atoms with Gasteiger partial charge < -0.3 is 4.98 Å². The zero-order valence-corrected chi connectivity index (χ0v) is 30.4. The lowest BCUT2D eigenvalue weighted by molar-refractivity contribution is 1.55. The van der Waals surface area contributed by atoms with Crippen molar-refractivity contribution in [3.05, 3.63) is 231 Å². The van der Waals surface area contributed by atoms with Gasteiger partial charge in [0, 0.05) is 21.8 Å². The molecule has 0 aliphatic heterocycles. The lowest BCUT2D eigenvalue weighted by Crippen LogP contribution is -1.75. The Balaban J connectivity index is 0.0000000963. The summed E-state index contributed by atoms with van der Waals surface area (Å²) in [7, 11) is 0. The number of aromatic nitrogens is 1. The van der Waals surface area contributed by atoms with E-state index in [9.17, 15) is 0 Å². The van der Waals surface area contributed by atoms with Crippen molar-refractivity contribution in [1.29, 1.82) is 0 Å². The maximum Gasteiger partial charge on any atom is 0.0464 e. The molecule has 0 unspecified atom stereocenters. The highest BCUT2D eigenvalue weighted by Crippen LogP contribution is 2.26. The summed E-state index contributed by atoms with van der Waals surface area (Å²) in [5.41, 5.74) is 2.42. The third-order valence-electron chi connectivity index (χ3n) is 10.3. The number of H-pyrrole nitrogens is 1. The number of rotatable bonds is 0. The van der Waals surface area contributed by atoms with Crippen molar-refractivity contribution in [3.63, 3.8) is 0 Å². The van der Waals surface area contributed by atoms with Crippen LogP contribution in [0.25, 0.3) is 86.4 Å². The average molecular weight is 702 g/mol. The molecule has 1 N–H and O–H groups in total. The number of para-hydroxylation sites is 2. The molecule has 1 nitrogen and oxygen atoms in total. The second-order valence-corrected chi connectivity index (χ2v) is 13.8. The Morgan fingerprint density at radius 2 is 0.400 bits per heavy atom. The van der Waals surface area contributed by atoms with Gasteiger partial charge >= 0.3 is 0 Å². The van der Waals surface area contributed by atoms with Crippen LogP contribution < -0.4 is 0 Å². The molecule has 1 aromatic heterocycles. The van der Waals surface area contributed by atoms with Gasteiger partial charge in [0.05, 0.1) is 0 Å². The maximum absolute atomic E-state index is 3.38. The molecule has 0 atom stereocenters. The Bertz CT molecular complexity index is 2780. The second-order valence-electron chi connectivity index (χ2n) is 13.8. The van der Waals surface area contributed by atoms with Gasteiger partial charge in [-0.05, 0) is 101 Å². The van der Waals surface area contributed by atoms with Crippen LogP contribution in [0.4, 0.5) is 0 Å². The van der Waals surface area contributed by atoms with Gasteiger partial charge in [-0.3, -0.25) is 0 Å². The molecule has 1 heterocycles. The first-order valence-electron chi connectivity index (χ1n) is 18.8. The van der Waals surface area contributed by atoms with Crippen LogP contribution in [-0.2, 0) is 0 Å². The van der Waals surface area contributed by atoms with E-state index in [1.54, 1.807) is 0 Å². The third kappa shape index (κ3) is 7.25. The molecule has 0 aliphatic carbocycles. The standard InChI is InChI=1S/3C14H10.C12H9N/c1-3-7-13-11(5-1)9-10-12-6-2-4-8-14(12)13;2*1-2-6-12-10-14-8-4-3-7-13(14)9-11(12)5-1;1-3-7-11-9(5-1)10-6-2-4-8-12(10)13-11/h3*1-10H;1-8,13H. The molecule has 260 valence electrons. The van der Waals surface area contributed by atoms with Gasteiger partial charge in [0.25, 0.3) is 0 Å². The highest BCUT2D eigenvalue weighted by Gasteiger charge is 2.01. The number of fused-ring (bicyclic) bond motifs is 10. The molecule has 55 heavy (non-hydrogen) atoms. The number of aromatic amines is 1. The largest absolute Gasteiger partial charge is 0.355 e. The van der Waals surface area contributed by atoms with Crippen LogP contribution in [0.1, 0.15) is 0 Å². The van der Waals surface area contributed by atoms with E-state index in [0.29, 0.717) is 0 Å². The highest BCUT2D eigenvalue weighted by molar-refractivity contribution is 6.08. The molecule has 0 saturated carbocycles. The van der Waals surface area contributed by atoms with Gasteiger partial charge in [0.15, 0.2) is 0 Å². The first kappa shape index (κ1) is 33.6.